The van der Waals surface area contributed by atoms with Crippen molar-refractivity contribution >= 4 is 5.91 Å². The normalized spacial score (nSPS) is 11.9. The van der Waals surface area contributed by atoms with Crippen molar-refractivity contribution in [2.24, 2.45) is 0 Å². The number of benzene rings is 2. The van der Waals surface area contributed by atoms with Gasteiger partial charge in [0.2, 0.25) is 5.91 Å². The monoisotopic (exact) mass is 285 g/mol. The lowest BCUT2D eigenvalue weighted by atomic mass is 9.96. The number of carbonyl (C=O) groups is 1. The first-order valence-electron chi connectivity index (χ1n) is 7.25. The van der Waals surface area contributed by atoms with Gasteiger partial charge in [0.05, 0.1) is 6.42 Å². The fraction of sp³-hybridized carbons (Fsp3) is 0.278. The fourth-order valence-electron chi connectivity index (χ4n) is 2.34. The Balaban J connectivity index is 1.90. The number of rotatable bonds is 6. The summed E-state index contributed by atoms with van der Waals surface area (Å²) < 4.78 is 13.5. The van der Waals surface area contributed by atoms with Crippen LogP contribution in [0.1, 0.15) is 30.4 Å². The molecule has 0 heterocycles. The molecule has 1 amide bonds. The quantitative estimate of drug-likeness (QED) is 0.862. The minimum atomic E-state index is -0.331. The molecule has 0 aliphatic carbocycles. The van der Waals surface area contributed by atoms with Crippen LogP contribution in [-0.4, -0.2) is 12.5 Å². The number of hydrogen-bond acceptors (Lipinski definition) is 1. The van der Waals surface area contributed by atoms with Crippen LogP contribution in [0.5, 0.6) is 0 Å². The van der Waals surface area contributed by atoms with E-state index in [1.165, 1.54) is 11.6 Å². The van der Waals surface area contributed by atoms with Crippen molar-refractivity contribution in [3.8, 4) is 0 Å². The molecule has 2 aromatic carbocycles. The zero-order chi connectivity index (χ0) is 15.1. The van der Waals surface area contributed by atoms with E-state index in [2.05, 4.69) is 24.4 Å². The molecule has 1 unspecified atom stereocenters. The molecule has 0 fully saturated rings. The van der Waals surface area contributed by atoms with E-state index >= 15 is 0 Å². The summed E-state index contributed by atoms with van der Waals surface area (Å²) in [4.78, 5) is 11.9. The van der Waals surface area contributed by atoms with Gasteiger partial charge in [0.25, 0.3) is 0 Å². The lowest BCUT2D eigenvalue weighted by molar-refractivity contribution is -0.120. The Kier molecular flexibility index (Phi) is 5.50. The Labute approximate surface area is 125 Å². The summed E-state index contributed by atoms with van der Waals surface area (Å²) in [5.74, 6) is -0.187. The van der Waals surface area contributed by atoms with Crippen molar-refractivity contribution in [2.45, 2.75) is 25.7 Å². The molecule has 0 saturated carbocycles. The summed E-state index contributed by atoms with van der Waals surface area (Å²) in [5, 5.41) is 2.90. The molecule has 0 spiro atoms. The molecule has 1 N–H and O–H groups in total. The highest BCUT2D eigenvalue weighted by Gasteiger charge is 2.12. The number of carbonyl (C=O) groups excluding carboxylic acids is 1. The maximum atomic E-state index is 13.5. The van der Waals surface area contributed by atoms with E-state index < -0.39 is 0 Å². The van der Waals surface area contributed by atoms with E-state index in [0.717, 1.165) is 6.42 Å². The second kappa shape index (κ2) is 7.58. The van der Waals surface area contributed by atoms with E-state index in [-0.39, 0.29) is 24.1 Å². The van der Waals surface area contributed by atoms with Crippen LogP contribution in [0.2, 0.25) is 0 Å². The van der Waals surface area contributed by atoms with Gasteiger partial charge in [-0.2, -0.15) is 0 Å². The SMILES string of the molecule is CCC(CNC(=O)Cc1ccccc1F)c1ccccc1. The molecular weight excluding hydrogens is 265 g/mol. The van der Waals surface area contributed by atoms with Gasteiger partial charge in [-0.3, -0.25) is 4.79 Å². The molecule has 0 saturated heterocycles. The molecular formula is C18H20FNO. The fourth-order valence-corrected chi connectivity index (χ4v) is 2.34. The van der Waals surface area contributed by atoms with Crippen LogP contribution < -0.4 is 5.32 Å². The van der Waals surface area contributed by atoms with E-state index in [0.29, 0.717) is 12.1 Å². The van der Waals surface area contributed by atoms with Gasteiger partial charge in [0, 0.05) is 12.5 Å². The van der Waals surface area contributed by atoms with E-state index in [1.807, 2.05) is 18.2 Å². The number of amides is 1. The van der Waals surface area contributed by atoms with Crippen molar-refractivity contribution in [3.63, 3.8) is 0 Å². The molecule has 0 aliphatic heterocycles. The van der Waals surface area contributed by atoms with Crippen LogP contribution in [0.3, 0.4) is 0 Å². The van der Waals surface area contributed by atoms with Gasteiger partial charge in [0.1, 0.15) is 5.82 Å². The molecule has 110 valence electrons. The Morgan fingerprint density at radius 1 is 1.10 bits per heavy atom. The molecule has 0 bridgehead atoms. The third kappa shape index (κ3) is 4.42. The lowest BCUT2D eigenvalue weighted by Gasteiger charge is -2.16. The van der Waals surface area contributed by atoms with Crippen molar-refractivity contribution in [2.75, 3.05) is 6.54 Å². The predicted molar refractivity (Wildman–Crippen MR) is 82.6 cm³/mol. The van der Waals surface area contributed by atoms with Gasteiger partial charge >= 0.3 is 0 Å². The molecule has 2 aromatic rings. The highest BCUT2D eigenvalue weighted by Crippen LogP contribution is 2.18. The summed E-state index contributed by atoms with van der Waals surface area (Å²) in [7, 11) is 0. The summed E-state index contributed by atoms with van der Waals surface area (Å²) in [6.45, 7) is 2.68. The van der Waals surface area contributed by atoms with Crippen LogP contribution >= 0.6 is 0 Å². The van der Waals surface area contributed by atoms with E-state index in [4.69, 9.17) is 0 Å². The zero-order valence-corrected chi connectivity index (χ0v) is 12.2. The van der Waals surface area contributed by atoms with E-state index in [9.17, 15) is 9.18 Å². The van der Waals surface area contributed by atoms with Gasteiger partial charge in [0.15, 0.2) is 0 Å². The maximum Gasteiger partial charge on any atom is 0.224 e. The van der Waals surface area contributed by atoms with Gasteiger partial charge in [-0.25, -0.2) is 4.39 Å². The highest BCUT2D eigenvalue weighted by atomic mass is 19.1. The van der Waals surface area contributed by atoms with Gasteiger partial charge in [-0.15, -0.1) is 0 Å². The molecule has 0 aromatic heterocycles. The van der Waals surface area contributed by atoms with Crippen molar-refractivity contribution in [3.05, 3.63) is 71.5 Å². The van der Waals surface area contributed by atoms with Gasteiger partial charge in [-0.1, -0.05) is 55.5 Å². The zero-order valence-electron chi connectivity index (χ0n) is 12.2. The van der Waals surface area contributed by atoms with Crippen LogP contribution in [0.15, 0.2) is 54.6 Å². The Hall–Kier alpha value is -2.16. The molecule has 21 heavy (non-hydrogen) atoms. The van der Waals surface area contributed by atoms with E-state index in [1.54, 1.807) is 18.2 Å². The number of hydrogen-bond donors (Lipinski definition) is 1. The van der Waals surface area contributed by atoms with Crippen LogP contribution in [-0.2, 0) is 11.2 Å². The van der Waals surface area contributed by atoms with Crippen LogP contribution in [0.4, 0.5) is 4.39 Å². The molecule has 0 aliphatic rings. The first-order valence-corrected chi connectivity index (χ1v) is 7.25. The van der Waals surface area contributed by atoms with Crippen molar-refractivity contribution in [1.82, 2.24) is 5.32 Å². The lowest BCUT2D eigenvalue weighted by Crippen LogP contribution is -2.29. The van der Waals surface area contributed by atoms with Crippen LogP contribution in [0.25, 0.3) is 0 Å². The number of nitrogens with one attached hydrogen (secondary N) is 1. The standard InChI is InChI=1S/C18H20FNO/c1-2-14(15-8-4-3-5-9-15)13-20-18(21)12-16-10-6-7-11-17(16)19/h3-11,14H,2,12-13H2,1H3,(H,20,21). The molecule has 2 rings (SSSR count). The topological polar surface area (TPSA) is 29.1 Å². The first-order chi connectivity index (χ1) is 10.2. The second-order valence-electron chi connectivity index (χ2n) is 5.09. The first kappa shape index (κ1) is 15.2. The molecule has 1 atom stereocenters. The average molecular weight is 285 g/mol. The summed E-state index contributed by atoms with van der Waals surface area (Å²) in [5.41, 5.74) is 1.65. The summed E-state index contributed by atoms with van der Waals surface area (Å²) in [6.07, 6.45) is 1.03. The van der Waals surface area contributed by atoms with Crippen molar-refractivity contribution in [1.29, 1.82) is 0 Å². The minimum Gasteiger partial charge on any atom is -0.355 e. The predicted octanol–water partition coefficient (Wildman–Crippen LogP) is 3.68. The molecule has 2 nitrogen and oxygen atoms in total. The highest BCUT2D eigenvalue weighted by molar-refractivity contribution is 5.78. The molecule has 0 radical (unpaired) electrons. The summed E-state index contributed by atoms with van der Waals surface area (Å²) >= 11 is 0. The third-order valence-electron chi connectivity index (χ3n) is 3.62. The maximum absolute atomic E-state index is 13.5. The minimum absolute atomic E-state index is 0.0812. The number of halogens is 1. The second-order valence-corrected chi connectivity index (χ2v) is 5.09. The largest absolute Gasteiger partial charge is 0.355 e. The Morgan fingerprint density at radius 2 is 1.76 bits per heavy atom. The average Bonchev–Trinajstić information content (AvgIpc) is 2.51. The van der Waals surface area contributed by atoms with Gasteiger partial charge < -0.3 is 5.32 Å². The summed E-state index contributed by atoms with van der Waals surface area (Å²) in [6, 6.07) is 16.5. The van der Waals surface area contributed by atoms with Crippen LogP contribution in [0, 0.1) is 5.82 Å². The Bertz CT molecular complexity index is 583. The third-order valence-corrected chi connectivity index (χ3v) is 3.62. The smallest absolute Gasteiger partial charge is 0.224 e. The van der Waals surface area contributed by atoms with Crippen molar-refractivity contribution < 1.29 is 9.18 Å². The van der Waals surface area contributed by atoms with Gasteiger partial charge in [-0.05, 0) is 23.6 Å². The Morgan fingerprint density at radius 3 is 2.43 bits per heavy atom. The molecule has 3 heteroatoms.